The highest BCUT2D eigenvalue weighted by molar-refractivity contribution is 6.32. The summed E-state index contributed by atoms with van der Waals surface area (Å²) in [7, 11) is 0. The number of carbonyl (C=O) groups excluding carboxylic acids is 1. The number of hydrogen-bond donors (Lipinski definition) is 1. The molecule has 1 amide bonds. The first-order valence-electron chi connectivity index (χ1n) is 10.3. The van der Waals surface area contributed by atoms with Gasteiger partial charge in [-0.3, -0.25) is 9.69 Å². The average Bonchev–Trinajstić information content (AvgIpc) is 3.17. The Bertz CT molecular complexity index is 1140. The molecule has 1 saturated carbocycles. The third-order valence-electron chi connectivity index (χ3n) is 7.22. The van der Waals surface area contributed by atoms with Crippen molar-refractivity contribution in [2.24, 2.45) is 5.92 Å². The molecular formula is C23H22ClN3O2. The number of aryl methyl sites for hydroxylation is 1. The van der Waals surface area contributed by atoms with Crippen LogP contribution in [0.4, 0.5) is 0 Å². The molecule has 29 heavy (non-hydrogen) atoms. The maximum Gasteiger partial charge on any atom is 0.253 e. The van der Waals surface area contributed by atoms with Gasteiger partial charge in [0.2, 0.25) is 5.89 Å². The van der Waals surface area contributed by atoms with Crippen LogP contribution in [0.2, 0.25) is 5.02 Å². The van der Waals surface area contributed by atoms with Crippen molar-refractivity contribution in [2.75, 3.05) is 13.1 Å². The topological polar surface area (TPSA) is 58.4 Å². The summed E-state index contributed by atoms with van der Waals surface area (Å²) in [5, 5.41) is 3.73. The van der Waals surface area contributed by atoms with Crippen LogP contribution in [-0.4, -0.2) is 40.5 Å². The SMILES string of the molecule is Cc1ccc(-c2nc3c(C(=O)NC4CC56CCN5CCC46)cc(Cl)cc3o2)cc1. The number of benzene rings is 2. The van der Waals surface area contributed by atoms with Crippen LogP contribution >= 0.6 is 11.6 Å². The van der Waals surface area contributed by atoms with E-state index in [1.807, 2.05) is 31.2 Å². The van der Waals surface area contributed by atoms with E-state index in [0.717, 1.165) is 12.0 Å². The van der Waals surface area contributed by atoms with Gasteiger partial charge in [0.05, 0.1) is 5.56 Å². The number of amides is 1. The lowest BCUT2D eigenvalue weighted by Crippen LogP contribution is -2.72. The summed E-state index contributed by atoms with van der Waals surface area (Å²) in [6.07, 6.45) is 3.51. The van der Waals surface area contributed by atoms with Gasteiger partial charge in [0, 0.05) is 34.8 Å². The Kier molecular flexibility index (Phi) is 3.66. The summed E-state index contributed by atoms with van der Waals surface area (Å²) in [5.41, 5.74) is 4.02. The lowest BCUT2D eigenvalue weighted by Gasteiger charge is -2.61. The highest BCUT2D eigenvalue weighted by Crippen LogP contribution is 2.57. The molecule has 1 N–H and O–H groups in total. The fourth-order valence-corrected chi connectivity index (χ4v) is 5.79. The van der Waals surface area contributed by atoms with Crippen LogP contribution in [0.25, 0.3) is 22.6 Å². The van der Waals surface area contributed by atoms with Crippen molar-refractivity contribution in [3.05, 3.63) is 52.5 Å². The molecular weight excluding hydrogens is 386 g/mol. The molecule has 3 aliphatic rings. The number of halogens is 1. The van der Waals surface area contributed by atoms with Gasteiger partial charge in [-0.2, -0.15) is 0 Å². The normalized spacial score (nSPS) is 27.8. The molecule has 2 saturated heterocycles. The molecule has 3 atom stereocenters. The second kappa shape index (κ2) is 6.07. The molecule has 148 valence electrons. The van der Waals surface area contributed by atoms with Gasteiger partial charge in [-0.05, 0) is 56.8 Å². The second-order valence-corrected chi connectivity index (χ2v) is 9.14. The Morgan fingerprint density at radius 2 is 2.10 bits per heavy atom. The minimum atomic E-state index is -0.112. The van der Waals surface area contributed by atoms with Crippen LogP contribution in [0.5, 0.6) is 0 Å². The number of aromatic nitrogens is 1. The van der Waals surface area contributed by atoms with Crippen LogP contribution in [0.15, 0.2) is 40.8 Å². The summed E-state index contributed by atoms with van der Waals surface area (Å²) in [6, 6.07) is 11.6. The van der Waals surface area contributed by atoms with Crippen molar-refractivity contribution < 1.29 is 9.21 Å². The van der Waals surface area contributed by atoms with Gasteiger partial charge in [0.1, 0.15) is 5.52 Å². The fourth-order valence-electron chi connectivity index (χ4n) is 5.58. The van der Waals surface area contributed by atoms with Gasteiger partial charge in [-0.15, -0.1) is 0 Å². The molecule has 0 bridgehead atoms. The molecule has 3 unspecified atom stereocenters. The number of carbonyl (C=O) groups is 1. The van der Waals surface area contributed by atoms with Crippen molar-refractivity contribution in [2.45, 2.75) is 37.8 Å². The summed E-state index contributed by atoms with van der Waals surface area (Å²) in [4.78, 5) is 20.4. The molecule has 0 radical (unpaired) electrons. The average molecular weight is 408 g/mol. The molecule has 3 fully saturated rings. The fraction of sp³-hybridized carbons (Fsp3) is 0.391. The minimum absolute atomic E-state index is 0.112. The Hall–Kier alpha value is -2.37. The predicted octanol–water partition coefficient (Wildman–Crippen LogP) is 4.42. The number of oxazole rings is 1. The Morgan fingerprint density at radius 3 is 2.86 bits per heavy atom. The Balaban J connectivity index is 1.31. The van der Waals surface area contributed by atoms with Gasteiger partial charge in [0.15, 0.2) is 5.58 Å². The molecule has 5 nitrogen and oxygen atoms in total. The molecule has 3 aromatic rings. The maximum atomic E-state index is 13.1. The van der Waals surface area contributed by atoms with Crippen LogP contribution in [0, 0.1) is 12.8 Å². The zero-order valence-electron chi connectivity index (χ0n) is 16.2. The number of rotatable bonds is 3. The van der Waals surface area contributed by atoms with Crippen LogP contribution in [-0.2, 0) is 0 Å². The lowest BCUT2D eigenvalue weighted by atomic mass is 9.58. The third-order valence-corrected chi connectivity index (χ3v) is 7.44. The summed E-state index contributed by atoms with van der Waals surface area (Å²) >= 11 is 6.29. The van der Waals surface area contributed by atoms with E-state index < -0.39 is 0 Å². The maximum absolute atomic E-state index is 13.1. The quantitative estimate of drug-likeness (QED) is 0.698. The number of nitrogens with zero attached hydrogens (tertiary/aromatic N) is 2. The zero-order chi connectivity index (χ0) is 19.8. The van der Waals surface area contributed by atoms with E-state index in [1.165, 1.54) is 31.5 Å². The largest absolute Gasteiger partial charge is 0.436 e. The van der Waals surface area contributed by atoms with Gasteiger partial charge in [-0.25, -0.2) is 4.98 Å². The van der Waals surface area contributed by atoms with Gasteiger partial charge >= 0.3 is 0 Å². The van der Waals surface area contributed by atoms with Crippen LogP contribution < -0.4 is 5.32 Å². The van der Waals surface area contributed by atoms with Crippen molar-refractivity contribution >= 4 is 28.6 Å². The standard InChI is InChI=1S/C23H22ClN3O2/c1-13-2-4-14(5-3-13)22-26-20-16(10-15(24)11-19(20)29-22)21(28)25-18-12-23-7-9-27(23)8-6-17(18)23/h2-5,10-11,17-18H,6-9,12H2,1H3,(H,25,28). The first-order chi connectivity index (χ1) is 14.0. The van der Waals surface area contributed by atoms with Gasteiger partial charge < -0.3 is 9.73 Å². The van der Waals surface area contributed by atoms with E-state index in [0.29, 0.717) is 39.0 Å². The van der Waals surface area contributed by atoms with E-state index in [-0.39, 0.29) is 11.9 Å². The minimum Gasteiger partial charge on any atom is -0.436 e. The number of fused-ring (bicyclic) bond motifs is 1. The molecule has 1 aliphatic carbocycles. The van der Waals surface area contributed by atoms with E-state index in [2.05, 4.69) is 15.2 Å². The third kappa shape index (κ3) is 2.50. The summed E-state index contributed by atoms with van der Waals surface area (Å²) < 4.78 is 5.94. The van der Waals surface area contributed by atoms with Crippen molar-refractivity contribution in [1.82, 2.24) is 15.2 Å². The summed E-state index contributed by atoms with van der Waals surface area (Å²) in [5.74, 6) is 0.967. The van der Waals surface area contributed by atoms with Crippen LogP contribution in [0.1, 0.15) is 35.2 Å². The van der Waals surface area contributed by atoms with E-state index in [9.17, 15) is 4.79 Å². The molecule has 2 aliphatic heterocycles. The second-order valence-electron chi connectivity index (χ2n) is 8.71. The molecule has 6 rings (SSSR count). The Labute approximate surface area is 174 Å². The van der Waals surface area contributed by atoms with Crippen molar-refractivity contribution in [3.8, 4) is 11.5 Å². The predicted molar refractivity (Wildman–Crippen MR) is 112 cm³/mol. The monoisotopic (exact) mass is 407 g/mol. The highest BCUT2D eigenvalue weighted by Gasteiger charge is 2.64. The van der Waals surface area contributed by atoms with E-state index in [1.54, 1.807) is 12.1 Å². The Morgan fingerprint density at radius 1 is 1.28 bits per heavy atom. The van der Waals surface area contributed by atoms with Crippen molar-refractivity contribution in [1.29, 1.82) is 0 Å². The van der Waals surface area contributed by atoms with Gasteiger partial charge in [-0.1, -0.05) is 29.3 Å². The smallest absolute Gasteiger partial charge is 0.253 e. The van der Waals surface area contributed by atoms with Crippen LogP contribution in [0.3, 0.4) is 0 Å². The zero-order valence-corrected chi connectivity index (χ0v) is 17.0. The molecule has 1 aromatic heterocycles. The molecule has 3 heterocycles. The molecule has 1 spiro atoms. The van der Waals surface area contributed by atoms with E-state index in [4.69, 9.17) is 16.0 Å². The molecule has 2 aromatic carbocycles. The number of nitrogens with one attached hydrogen (secondary N) is 1. The van der Waals surface area contributed by atoms with E-state index >= 15 is 0 Å². The van der Waals surface area contributed by atoms with Gasteiger partial charge in [0.25, 0.3) is 5.91 Å². The highest BCUT2D eigenvalue weighted by atomic mass is 35.5. The molecule has 6 heteroatoms. The van der Waals surface area contributed by atoms with Crippen molar-refractivity contribution in [3.63, 3.8) is 0 Å². The first kappa shape index (κ1) is 17.5. The lowest BCUT2D eigenvalue weighted by molar-refractivity contribution is -0.0859. The number of hydrogen-bond acceptors (Lipinski definition) is 4. The summed E-state index contributed by atoms with van der Waals surface area (Å²) in [6.45, 7) is 4.42. The first-order valence-corrected chi connectivity index (χ1v) is 10.6.